The van der Waals surface area contributed by atoms with Crippen molar-refractivity contribution in [3.63, 3.8) is 0 Å². The number of hydrogen-bond acceptors (Lipinski definition) is 3. The minimum atomic E-state index is 0.0449. The van der Waals surface area contributed by atoms with Crippen LogP contribution in [0.2, 0.25) is 0 Å². The predicted octanol–water partition coefficient (Wildman–Crippen LogP) is 1.19. The smallest absolute Gasteiger partial charge is 0.260 e. The van der Waals surface area contributed by atoms with Gasteiger partial charge in [-0.05, 0) is 43.5 Å². The van der Waals surface area contributed by atoms with E-state index in [0.717, 1.165) is 25.0 Å². The van der Waals surface area contributed by atoms with Crippen LogP contribution in [-0.2, 0) is 11.2 Å². The molecule has 0 heterocycles. The van der Waals surface area contributed by atoms with Crippen LogP contribution in [0.1, 0.15) is 18.4 Å². The molecule has 2 N–H and O–H groups in total. The van der Waals surface area contributed by atoms with Gasteiger partial charge in [0.2, 0.25) is 0 Å². The number of carbonyl (C=O) groups excluding carboxylic acids is 1. The minimum absolute atomic E-state index is 0.0449. The summed E-state index contributed by atoms with van der Waals surface area (Å²) in [6.45, 7) is 0.758. The van der Waals surface area contributed by atoms with E-state index >= 15 is 0 Å². The highest BCUT2D eigenvalue weighted by atomic mass is 16.5. The Labute approximate surface area is 108 Å². The van der Waals surface area contributed by atoms with Crippen LogP contribution in [0.5, 0.6) is 5.75 Å². The third-order valence-corrected chi connectivity index (χ3v) is 3.21. The van der Waals surface area contributed by atoms with Crippen LogP contribution in [0.25, 0.3) is 0 Å². The van der Waals surface area contributed by atoms with Crippen molar-refractivity contribution in [2.75, 3.05) is 20.2 Å². The summed E-state index contributed by atoms with van der Waals surface area (Å²) in [5.74, 6) is 0.775. The maximum atomic E-state index is 11.8. The lowest BCUT2D eigenvalue weighted by atomic mass is 10.1. The first-order valence-electron chi connectivity index (χ1n) is 6.38. The SMILES string of the molecule is CN(C(=O)COc1ccc(CCN)cc1)C1CC1. The third kappa shape index (κ3) is 3.47. The van der Waals surface area contributed by atoms with Crippen LogP contribution in [0.3, 0.4) is 0 Å². The zero-order valence-corrected chi connectivity index (χ0v) is 10.8. The molecule has 0 atom stereocenters. The van der Waals surface area contributed by atoms with Gasteiger partial charge in [0.15, 0.2) is 6.61 Å². The Morgan fingerprint density at radius 1 is 1.39 bits per heavy atom. The third-order valence-electron chi connectivity index (χ3n) is 3.21. The van der Waals surface area contributed by atoms with Crippen molar-refractivity contribution in [3.05, 3.63) is 29.8 Å². The van der Waals surface area contributed by atoms with E-state index in [1.54, 1.807) is 4.90 Å². The van der Waals surface area contributed by atoms with Crippen LogP contribution in [0, 0.1) is 0 Å². The summed E-state index contributed by atoms with van der Waals surface area (Å²) in [7, 11) is 1.84. The van der Waals surface area contributed by atoms with E-state index in [9.17, 15) is 4.79 Å². The van der Waals surface area contributed by atoms with Crippen LogP contribution < -0.4 is 10.5 Å². The first-order chi connectivity index (χ1) is 8.70. The number of ether oxygens (including phenoxy) is 1. The van der Waals surface area contributed by atoms with E-state index in [2.05, 4.69) is 0 Å². The van der Waals surface area contributed by atoms with Crippen LogP contribution in [0.4, 0.5) is 0 Å². The molecule has 4 nitrogen and oxygen atoms in total. The van der Waals surface area contributed by atoms with E-state index in [4.69, 9.17) is 10.5 Å². The van der Waals surface area contributed by atoms with E-state index in [1.165, 1.54) is 5.56 Å². The highest BCUT2D eigenvalue weighted by Crippen LogP contribution is 2.25. The molecule has 0 spiro atoms. The van der Waals surface area contributed by atoms with Gasteiger partial charge < -0.3 is 15.4 Å². The van der Waals surface area contributed by atoms with Gasteiger partial charge in [0.25, 0.3) is 5.91 Å². The Morgan fingerprint density at radius 2 is 2.06 bits per heavy atom. The predicted molar refractivity (Wildman–Crippen MR) is 70.5 cm³/mol. The summed E-state index contributed by atoms with van der Waals surface area (Å²) in [6.07, 6.45) is 3.11. The number of nitrogens with two attached hydrogens (primary N) is 1. The fourth-order valence-corrected chi connectivity index (χ4v) is 1.83. The summed E-state index contributed by atoms with van der Waals surface area (Å²) < 4.78 is 5.48. The van der Waals surface area contributed by atoms with Crippen LogP contribution >= 0.6 is 0 Å². The summed E-state index contributed by atoms with van der Waals surface area (Å²) >= 11 is 0. The highest BCUT2D eigenvalue weighted by molar-refractivity contribution is 5.78. The largest absolute Gasteiger partial charge is 0.484 e. The molecule has 1 aromatic rings. The molecule has 1 amide bonds. The van der Waals surface area contributed by atoms with Crippen LogP contribution in [-0.4, -0.2) is 37.0 Å². The molecule has 0 bridgehead atoms. The number of rotatable bonds is 6. The molecule has 1 aliphatic rings. The van der Waals surface area contributed by atoms with Gasteiger partial charge in [-0.15, -0.1) is 0 Å². The molecule has 4 heteroatoms. The number of likely N-dealkylation sites (N-methyl/N-ethyl adjacent to an activating group) is 1. The summed E-state index contributed by atoms with van der Waals surface area (Å²) in [6, 6.07) is 8.17. The second-order valence-corrected chi connectivity index (χ2v) is 4.71. The fourth-order valence-electron chi connectivity index (χ4n) is 1.83. The number of nitrogens with zero attached hydrogens (tertiary/aromatic N) is 1. The average Bonchev–Trinajstić information content (AvgIpc) is 3.21. The molecule has 1 fully saturated rings. The van der Waals surface area contributed by atoms with Gasteiger partial charge in [-0.3, -0.25) is 4.79 Å². The first-order valence-corrected chi connectivity index (χ1v) is 6.38. The standard InChI is InChI=1S/C14H20N2O2/c1-16(12-4-5-12)14(17)10-18-13-6-2-11(3-7-13)8-9-15/h2-3,6-7,12H,4-5,8-10,15H2,1H3. The topological polar surface area (TPSA) is 55.6 Å². The molecule has 98 valence electrons. The summed E-state index contributed by atoms with van der Waals surface area (Å²) in [5.41, 5.74) is 6.67. The fraction of sp³-hybridized carbons (Fsp3) is 0.500. The number of amides is 1. The molecule has 0 unspecified atom stereocenters. The second-order valence-electron chi connectivity index (χ2n) is 4.71. The first kappa shape index (κ1) is 12.9. The maximum absolute atomic E-state index is 11.8. The van der Waals surface area contributed by atoms with E-state index < -0.39 is 0 Å². The van der Waals surface area contributed by atoms with Crippen molar-refractivity contribution in [1.29, 1.82) is 0 Å². The monoisotopic (exact) mass is 248 g/mol. The number of carbonyl (C=O) groups is 1. The number of benzene rings is 1. The lowest BCUT2D eigenvalue weighted by molar-refractivity contribution is -0.132. The minimum Gasteiger partial charge on any atom is -0.484 e. The molecule has 2 rings (SSSR count). The molecule has 1 aliphatic carbocycles. The lowest BCUT2D eigenvalue weighted by Crippen LogP contribution is -2.33. The van der Waals surface area contributed by atoms with E-state index in [1.807, 2.05) is 31.3 Å². The quantitative estimate of drug-likeness (QED) is 0.822. The zero-order valence-electron chi connectivity index (χ0n) is 10.8. The molecular weight excluding hydrogens is 228 g/mol. The van der Waals surface area contributed by atoms with Gasteiger partial charge in [-0.1, -0.05) is 12.1 Å². The van der Waals surface area contributed by atoms with Crippen LogP contribution in [0.15, 0.2) is 24.3 Å². The Balaban J connectivity index is 1.80. The van der Waals surface area contributed by atoms with Crippen molar-refractivity contribution in [1.82, 2.24) is 4.90 Å². The molecule has 0 aliphatic heterocycles. The Bertz CT molecular complexity index is 399. The zero-order chi connectivity index (χ0) is 13.0. The van der Waals surface area contributed by atoms with Gasteiger partial charge in [0.05, 0.1) is 0 Å². The molecular formula is C14H20N2O2. The summed E-state index contributed by atoms with van der Waals surface area (Å²) in [4.78, 5) is 13.5. The molecule has 18 heavy (non-hydrogen) atoms. The normalized spacial score (nSPS) is 14.3. The second kappa shape index (κ2) is 5.87. The Kier molecular flexibility index (Phi) is 4.20. The lowest BCUT2D eigenvalue weighted by Gasteiger charge is -2.16. The summed E-state index contributed by atoms with van der Waals surface area (Å²) in [5, 5.41) is 0. The van der Waals surface area contributed by atoms with Crippen molar-refractivity contribution < 1.29 is 9.53 Å². The van der Waals surface area contributed by atoms with Gasteiger partial charge in [0.1, 0.15) is 5.75 Å². The highest BCUT2D eigenvalue weighted by Gasteiger charge is 2.29. The molecule has 0 aromatic heterocycles. The molecule has 1 saturated carbocycles. The van der Waals surface area contributed by atoms with Gasteiger partial charge in [-0.2, -0.15) is 0 Å². The molecule has 0 radical (unpaired) electrons. The molecule has 0 saturated heterocycles. The molecule has 1 aromatic carbocycles. The maximum Gasteiger partial charge on any atom is 0.260 e. The van der Waals surface area contributed by atoms with Gasteiger partial charge >= 0.3 is 0 Å². The number of hydrogen-bond donors (Lipinski definition) is 1. The van der Waals surface area contributed by atoms with Crippen molar-refractivity contribution >= 4 is 5.91 Å². The van der Waals surface area contributed by atoms with Crippen molar-refractivity contribution in [2.45, 2.75) is 25.3 Å². The van der Waals surface area contributed by atoms with Gasteiger partial charge in [-0.25, -0.2) is 0 Å². The van der Waals surface area contributed by atoms with E-state index in [-0.39, 0.29) is 12.5 Å². The van der Waals surface area contributed by atoms with Gasteiger partial charge in [0, 0.05) is 13.1 Å². The average molecular weight is 248 g/mol. The Morgan fingerprint density at radius 3 is 2.61 bits per heavy atom. The Hall–Kier alpha value is -1.55. The van der Waals surface area contributed by atoms with Crippen molar-refractivity contribution in [2.24, 2.45) is 5.73 Å². The van der Waals surface area contributed by atoms with Crippen molar-refractivity contribution in [3.8, 4) is 5.75 Å². The van der Waals surface area contributed by atoms with E-state index in [0.29, 0.717) is 12.6 Å².